The van der Waals surface area contributed by atoms with E-state index in [1.165, 1.54) is 0 Å². The van der Waals surface area contributed by atoms with Crippen molar-refractivity contribution < 1.29 is 4.79 Å². The zero-order valence-corrected chi connectivity index (χ0v) is 17.0. The van der Waals surface area contributed by atoms with Crippen LogP contribution in [0.25, 0.3) is 0 Å². The second-order valence-corrected chi connectivity index (χ2v) is 7.84. The fourth-order valence-electron chi connectivity index (χ4n) is 3.92. The maximum atomic E-state index is 13.2. The van der Waals surface area contributed by atoms with E-state index in [2.05, 4.69) is 6.07 Å². The summed E-state index contributed by atoms with van der Waals surface area (Å²) in [5.41, 5.74) is 1.17. The lowest BCUT2D eigenvalue weighted by atomic mass is 9.68. The van der Waals surface area contributed by atoms with Crippen molar-refractivity contribution in [1.82, 2.24) is 4.90 Å². The van der Waals surface area contributed by atoms with E-state index < -0.39 is 5.41 Å². The number of carbonyl (C=O) groups is 1. The minimum atomic E-state index is -0.794. The number of amides is 1. The molecule has 0 aliphatic carbocycles. The first-order chi connectivity index (χ1) is 12.8. The third-order valence-corrected chi connectivity index (χ3v) is 5.28. The van der Waals surface area contributed by atoms with Crippen molar-refractivity contribution in [2.24, 2.45) is 0 Å². The van der Waals surface area contributed by atoms with Crippen LogP contribution >= 0.6 is 0 Å². The van der Waals surface area contributed by atoms with Crippen LogP contribution in [0.1, 0.15) is 58.1 Å². The van der Waals surface area contributed by atoms with Gasteiger partial charge in [0.1, 0.15) is 0 Å². The van der Waals surface area contributed by atoms with Gasteiger partial charge in [0.05, 0.1) is 11.5 Å². The van der Waals surface area contributed by atoms with Crippen LogP contribution in [0, 0.1) is 11.3 Å². The van der Waals surface area contributed by atoms with Crippen LogP contribution in [-0.2, 0) is 10.2 Å². The number of hydrogen-bond acceptors (Lipinski definition) is 2. The van der Waals surface area contributed by atoms with Gasteiger partial charge in [-0.15, -0.1) is 0 Å². The molecule has 2 aromatic carbocycles. The van der Waals surface area contributed by atoms with Crippen LogP contribution in [0.2, 0.25) is 0 Å². The van der Waals surface area contributed by atoms with E-state index >= 15 is 0 Å². The van der Waals surface area contributed by atoms with Gasteiger partial charge in [0, 0.05) is 24.4 Å². The van der Waals surface area contributed by atoms with E-state index in [1.54, 1.807) is 0 Å². The molecule has 0 bridgehead atoms. The average molecular weight is 363 g/mol. The van der Waals surface area contributed by atoms with Gasteiger partial charge >= 0.3 is 0 Å². The second kappa shape index (κ2) is 8.86. The topological polar surface area (TPSA) is 44.1 Å². The summed E-state index contributed by atoms with van der Waals surface area (Å²) in [6.45, 7) is 10.1. The first-order valence-corrected chi connectivity index (χ1v) is 9.64. The number of nitrogens with zero attached hydrogens (tertiary/aromatic N) is 2. The molecule has 2 atom stereocenters. The average Bonchev–Trinajstić information content (AvgIpc) is 2.66. The van der Waals surface area contributed by atoms with Crippen molar-refractivity contribution >= 4 is 5.91 Å². The molecule has 2 aromatic rings. The molecule has 1 amide bonds. The Morgan fingerprint density at radius 3 is 1.89 bits per heavy atom. The Morgan fingerprint density at radius 1 is 0.963 bits per heavy atom. The Morgan fingerprint density at radius 2 is 1.44 bits per heavy atom. The molecule has 0 spiro atoms. The number of rotatable bonds is 7. The van der Waals surface area contributed by atoms with Crippen molar-refractivity contribution in [3.05, 3.63) is 71.8 Å². The lowest BCUT2D eigenvalue weighted by molar-refractivity contribution is -0.135. The zero-order valence-electron chi connectivity index (χ0n) is 17.0. The molecule has 3 heteroatoms. The summed E-state index contributed by atoms with van der Waals surface area (Å²) < 4.78 is 0. The minimum Gasteiger partial charge on any atom is -0.338 e. The molecule has 0 fully saturated rings. The molecule has 0 radical (unpaired) electrons. The lowest BCUT2D eigenvalue weighted by Gasteiger charge is -2.36. The quantitative estimate of drug-likeness (QED) is 0.672. The molecule has 0 unspecified atom stereocenters. The first kappa shape index (κ1) is 20.7. The van der Waals surface area contributed by atoms with E-state index in [0.29, 0.717) is 6.42 Å². The maximum Gasteiger partial charge on any atom is 0.223 e. The molecule has 0 heterocycles. The highest BCUT2D eigenvalue weighted by Gasteiger charge is 2.39. The van der Waals surface area contributed by atoms with Crippen LogP contribution in [0.5, 0.6) is 0 Å². The van der Waals surface area contributed by atoms with Gasteiger partial charge in [-0.25, -0.2) is 0 Å². The highest BCUT2D eigenvalue weighted by atomic mass is 16.2. The Balaban J connectivity index is 2.50. The summed E-state index contributed by atoms with van der Waals surface area (Å²) in [5, 5.41) is 10.2. The van der Waals surface area contributed by atoms with Crippen LogP contribution in [0.3, 0.4) is 0 Å². The minimum absolute atomic E-state index is 0.0891. The molecule has 0 aliphatic heterocycles. The molecule has 3 nitrogen and oxygen atoms in total. The summed E-state index contributed by atoms with van der Waals surface area (Å²) in [5.74, 6) is -0.134. The Hall–Kier alpha value is -2.60. The van der Waals surface area contributed by atoms with Gasteiger partial charge in [-0.2, -0.15) is 5.26 Å². The van der Waals surface area contributed by atoms with Crippen molar-refractivity contribution in [2.75, 3.05) is 0 Å². The van der Waals surface area contributed by atoms with Crippen LogP contribution in [0.4, 0.5) is 0 Å². The van der Waals surface area contributed by atoms with Crippen molar-refractivity contribution in [2.45, 2.75) is 64.5 Å². The summed E-state index contributed by atoms with van der Waals surface area (Å²) in [6.07, 6.45) is 0.305. The zero-order chi connectivity index (χ0) is 20.0. The molecule has 2 rings (SSSR count). The number of benzene rings is 2. The third kappa shape index (κ3) is 4.57. The highest BCUT2D eigenvalue weighted by molar-refractivity contribution is 5.78. The standard InChI is InChI=1S/C24H30N2O/c1-18(2)26(19(3)4)23(27)16-22(20-12-8-6-9-13-20)24(5,17-25)21-14-10-7-11-15-21/h6-15,18-19,22H,16H2,1-5H3/t22-,24-/m0/s1. The molecule has 142 valence electrons. The summed E-state index contributed by atoms with van der Waals surface area (Å²) in [4.78, 5) is 15.1. The third-order valence-electron chi connectivity index (χ3n) is 5.28. The lowest BCUT2D eigenvalue weighted by Crippen LogP contribution is -2.44. The maximum absolute atomic E-state index is 13.2. The fourth-order valence-corrected chi connectivity index (χ4v) is 3.92. The van der Waals surface area contributed by atoms with Crippen LogP contribution in [-0.4, -0.2) is 22.9 Å². The summed E-state index contributed by atoms with van der Waals surface area (Å²) >= 11 is 0. The molecular weight excluding hydrogens is 332 g/mol. The van der Waals surface area contributed by atoms with Crippen molar-refractivity contribution in [3.63, 3.8) is 0 Å². The molecule has 0 aliphatic rings. The van der Waals surface area contributed by atoms with Gasteiger partial charge in [-0.05, 0) is 45.7 Å². The highest BCUT2D eigenvalue weighted by Crippen LogP contribution is 2.41. The molecule has 0 saturated heterocycles. The molecular formula is C24H30N2O. The van der Waals surface area contributed by atoms with E-state index in [9.17, 15) is 10.1 Å². The molecule has 0 N–H and O–H groups in total. The SMILES string of the molecule is CC(C)N(C(=O)C[C@@H](c1ccccc1)[C@@](C)(C#N)c1ccccc1)C(C)C. The molecule has 0 saturated carbocycles. The Labute approximate surface area is 163 Å². The number of hydrogen-bond donors (Lipinski definition) is 0. The second-order valence-electron chi connectivity index (χ2n) is 7.84. The smallest absolute Gasteiger partial charge is 0.223 e. The van der Waals surface area contributed by atoms with Crippen LogP contribution < -0.4 is 0 Å². The van der Waals surface area contributed by atoms with E-state index in [0.717, 1.165) is 11.1 Å². The van der Waals surface area contributed by atoms with Gasteiger partial charge < -0.3 is 4.90 Å². The Kier molecular flexibility index (Phi) is 6.80. The number of carbonyl (C=O) groups excluding carboxylic acids is 1. The molecule has 27 heavy (non-hydrogen) atoms. The van der Waals surface area contributed by atoms with Gasteiger partial charge in [0.15, 0.2) is 0 Å². The largest absolute Gasteiger partial charge is 0.338 e. The predicted octanol–water partition coefficient (Wildman–Crippen LogP) is 5.29. The van der Waals surface area contributed by atoms with E-state index in [-0.39, 0.29) is 23.9 Å². The van der Waals surface area contributed by atoms with Gasteiger partial charge in [-0.1, -0.05) is 60.7 Å². The van der Waals surface area contributed by atoms with Crippen molar-refractivity contribution in [3.8, 4) is 6.07 Å². The molecule has 0 aromatic heterocycles. The van der Waals surface area contributed by atoms with Gasteiger partial charge in [0.25, 0.3) is 0 Å². The van der Waals surface area contributed by atoms with Crippen LogP contribution in [0.15, 0.2) is 60.7 Å². The first-order valence-electron chi connectivity index (χ1n) is 9.64. The summed E-state index contributed by atoms with van der Waals surface area (Å²) in [6, 6.07) is 22.5. The van der Waals surface area contributed by atoms with Gasteiger partial charge in [-0.3, -0.25) is 4.79 Å². The number of nitriles is 1. The predicted molar refractivity (Wildman–Crippen MR) is 110 cm³/mol. The summed E-state index contributed by atoms with van der Waals surface area (Å²) in [7, 11) is 0. The monoisotopic (exact) mass is 362 g/mol. The van der Waals surface area contributed by atoms with E-state index in [4.69, 9.17) is 0 Å². The van der Waals surface area contributed by atoms with Crippen molar-refractivity contribution in [1.29, 1.82) is 5.26 Å². The van der Waals surface area contributed by atoms with Gasteiger partial charge in [0.2, 0.25) is 5.91 Å². The van der Waals surface area contributed by atoms with E-state index in [1.807, 2.05) is 100 Å². The fraction of sp³-hybridized carbons (Fsp3) is 0.417. The normalized spacial score (nSPS) is 14.4. The Bertz CT molecular complexity index is 769.